The first kappa shape index (κ1) is 17.2. The van der Waals surface area contributed by atoms with Gasteiger partial charge in [-0.1, -0.05) is 0 Å². The highest BCUT2D eigenvalue weighted by Crippen LogP contribution is 2.31. The molecular formula is C13H20FNO6. The maximum absolute atomic E-state index is 14.6. The molecule has 2 unspecified atom stereocenters. The lowest BCUT2D eigenvalue weighted by molar-refractivity contribution is -0.163. The van der Waals surface area contributed by atoms with Crippen molar-refractivity contribution in [3.8, 4) is 0 Å². The van der Waals surface area contributed by atoms with Crippen LogP contribution in [0.5, 0.6) is 0 Å². The van der Waals surface area contributed by atoms with Crippen molar-refractivity contribution in [3.05, 3.63) is 0 Å². The standard InChI is InChI=1S/C13H20FNO6/c1-12(2,3)21-11(19)15-6-8(9(16)17)5-13(14,7-15)10(18)20-4/h8H,5-7H2,1-4H3,(H,16,17). The fourth-order valence-electron chi connectivity index (χ4n) is 2.11. The summed E-state index contributed by atoms with van der Waals surface area (Å²) >= 11 is 0. The SMILES string of the molecule is COC(=O)C1(F)CC(C(=O)O)CN(C(=O)OC(C)(C)C)C1. The van der Waals surface area contributed by atoms with Crippen molar-refractivity contribution >= 4 is 18.0 Å². The number of piperidine rings is 1. The molecule has 120 valence electrons. The lowest BCUT2D eigenvalue weighted by Crippen LogP contribution is -2.57. The van der Waals surface area contributed by atoms with Crippen molar-refractivity contribution in [2.45, 2.75) is 38.5 Å². The van der Waals surface area contributed by atoms with Crippen molar-refractivity contribution in [1.82, 2.24) is 4.90 Å². The van der Waals surface area contributed by atoms with Crippen LogP contribution in [0.15, 0.2) is 0 Å². The molecular weight excluding hydrogens is 285 g/mol. The van der Waals surface area contributed by atoms with Crippen LogP contribution in [0.25, 0.3) is 0 Å². The number of esters is 1. The lowest BCUT2D eigenvalue weighted by atomic mass is 9.87. The molecule has 0 bridgehead atoms. The first-order chi connectivity index (χ1) is 9.48. The minimum Gasteiger partial charge on any atom is -0.481 e. The largest absolute Gasteiger partial charge is 0.481 e. The second kappa shape index (κ2) is 5.87. The molecule has 0 saturated carbocycles. The first-order valence-electron chi connectivity index (χ1n) is 6.46. The molecule has 2 atom stereocenters. The van der Waals surface area contributed by atoms with Gasteiger partial charge in [0.1, 0.15) is 5.60 Å². The smallest absolute Gasteiger partial charge is 0.410 e. The quantitative estimate of drug-likeness (QED) is 0.771. The summed E-state index contributed by atoms with van der Waals surface area (Å²) in [4.78, 5) is 35.5. The highest BCUT2D eigenvalue weighted by molar-refractivity contribution is 5.83. The number of carboxylic acid groups (broad SMARTS) is 1. The van der Waals surface area contributed by atoms with Gasteiger partial charge < -0.3 is 19.5 Å². The Hall–Kier alpha value is -1.86. The molecule has 7 nitrogen and oxygen atoms in total. The second-order valence-corrected chi connectivity index (χ2v) is 6.06. The van der Waals surface area contributed by atoms with Gasteiger partial charge in [0.15, 0.2) is 0 Å². The Morgan fingerprint density at radius 1 is 1.33 bits per heavy atom. The molecule has 1 aliphatic rings. The van der Waals surface area contributed by atoms with Crippen molar-refractivity contribution in [1.29, 1.82) is 0 Å². The molecule has 1 N–H and O–H groups in total. The number of carboxylic acids is 1. The molecule has 0 aliphatic carbocycles. The van der Waals surface area contributed by atoms with Crippen LogP contribution in [0.2, 0.25) is 0 Å². The summed E-state index contributed by atoms with van der Waals surface area (Å²) in [6.07, 6.45) is -1.40. The zero-order chi connectivity index (χ0) is 16.4. The molecule has 0 radical (unpaired) electrons. The van der Waals surface area contributed by atoms with E-state index in [2.05, 4.69) is 4.74 Å². The lowest BCUT2D eigenvalue weighted by Gasteiger charge is -2.38. The van der Waals surface area contributed by atoms with E-state index in [0.29, 0.717) is 0 Å². The summed E-state index contributed by atoms with van der Waals surface area (Å²) in [5.74, 6) is -3.67. The van der Waals surface area contributed by atoms with E-state index in [9.17, 15) is 18.8 Å². The van der Waals surface area contributed by atoms with Crippen LogP contribution in [-0.4, -0.2) is 59.5 Å². The fourth-order valence-corrected chi connectivity index (χ4v) is 2.11. The van der Waals surface area contributed by atoms with Gasteiger partial charge >= 0.3 is 18.0 Å². The van der Waals surface area contributed by atoms with Crippen LogP contribution in [0, 0.1) is 5.92 Å². The van der Waals surface area contributed by atoms with Crippen LogP contribution >= 0.6 is 0 Å². The van der Waals surface area contributed by atoms with Crippen LogP contribution < -0.4 is 0 Å². The summed E-state index contributed by atoms with van der Waals surface area (Å²) in [5, 5.41) is 9.06. The minimum absolute atomic E-state index is 0.215. The molecule has 0 aromatic heterocycles. The Kier molecular flexibility index (Phi) is 4.80. The maximum atomic E-state index is 14.6. The number of aliphatic carboxylic acids is 1. The van der Waals surface area contributed by atoms with E-state index in [1.807, 2.05) is 0 Å². The number of likely N-dealkylation sites (tertiary alicyclic amines) is 1. The summed E-state index contributed by atoms with van der Waals surface area (Å²) in [6.45, 7) is 4.09. The van der Waals surface area contributed by atoms with Crippen molar-refractivity contribution in [3.63, 3.8) is 0 Å². The monoisotopic (exact) mass is 305 g/mol. The number of hydrogen-bond donors (Lipinski definition) is 1. The van der Waals surface area contributed by atoms with E-state index >= 15 is 0 Å². The van der Waals surface area contributed by atoms with Crippen molar-refractivity contribution in [2.24, 2.45) is 5.92 Å². The Morgan fingerprint density at radius 2 is 1.90 bits per heavy atom. The zero-order valence-electron chi connectivity index (χ0n) is 12.5. The molecule has 1 saturated heterocycles. The van der Waals surface area contributed by atoms with Gasteiger partial charge in [0.2, 0.25) is 5.67 Å². The predicted molar refractivity (Wildman–Crippen MR) is 69.4 cm³/mol. The molecule has 0 spiro atoms. The number of carbonyl (C=O) groups is 3. The molecule has 1 fully saturated rings. The van der Waals surface area contributed by atoms with Gasteiger partial charge in [0.25, 0.3) is 0 Å². The third kappa shape index (κ3) is 4.30. The molecule has 0 aromatic rings. The number of ether oxygens (including phenoxy) is 2. The Bertz CT molecular complexity index is 446. The third-order valence-corrected chi connectivity index (χ3v) is 3.00. The average Bonchev–Trinajstić information content (AvgIpc) is 2.34. The van der Waals surface area contributed by atoms with Gasteiger partial charge in [0.05, 0.1) is 19.6 Å². The van der Waals surface area contributed by atoms with Crippen molar-refractivity contribution in [2.75, 3.05) is 20.2 Å². The Balaban J connectivity index is 2.97. The van der Waals surface area contributed by atoms with E-state index in [-0.39, 0.29) is 6.54 Å². The maximum Gasteiger partial charge on any atom is 0.410 e. The summed E-state index contributed by atoms with van der Waals surface area (Å²) in [7, 11) is 1.01. The number of halogens is 1. The molecule has 1 amide bonds. The number of alkyl halides is 1. The van der Waals surface area contributed by atoms with E-state index < -0.39 is 48.2 Å². The zero-order valence-corrected chi connectivity index (χ0v) is 12.5. The minimum atomic E-state index is -2.55. The van der Waals surface area contributed by atoms with Crippen LogP contribution in [0.1, 0.15) is 27.2 Å². The predicted octanol–water partition coefficient (Wildman–Crippen LogP) is 1.21. The molecule has 21 heavy (non-hydrogen) atoms. The van der Waals surface area contributed by atoms with Gasteiger partial charge in [-0.05, 0) is 20.8 Å². The average molecular weight is 305 g/mol. The van der Waals surface area contributed by atoms with Gasteiger partial charge in [0, 0.05) is 13.0 Å². The topological polar surface area (TPSA) is 93.1 Å². The molecule has 1 aliphatic heterocycles. The molecule has 1 rings (SSSR count). The van der Waals surface area contributed by atoms with E-state index in [1.165, 1.54) is 0 Å². The van der Waals surface area contributed by atoms with E-state index in [4.69, 9.17) is 9.84 Å². The van der Waals surface area contributed by atoms with Gasteiger partial charge in [-0.2, -0.15) is 0 Å². The third-order valence-electron chi connectivity index (χ3n) is 3.00. The van der Waals surface area contributed by atoms with Crippen LogP contribution in [0.3, 0.4) is 0 Å². The van der Waals surface area contributed by atoms with Gasteiger partial charge in [-0.3, -0.25) is 4.79 Å². The van der Waals surface area contributed by atoms with Crippen molar-refractivity contribution < 1.29 is 33.4 Å². The number of hydrogen-bond acceptors (Lipinski definition) is 5. The first-order valence-corrected chi connectivity index (χ1v) is 6.46. The molecule has 1 heterocycles. The summed E-state index contributed by atoms with van der Waals surface area (Å²) < 4.78 is 24.1. The van der Waals surface area contributed by atoms with E-state index in [1.54, 1.807) is 20.8 Å². The van der Waals surface area contributed by atoms with E-state index in [0.717, 1.165) is 12.0 Å². The second-order valence-electron chi connectivity index (χ2n) is 6.06. The Morgan fingerprint density at radius 3 is 2.33 bits per heavy atom. The highest BCUT2D eigenvalue weighted by atomic mass is 19.1. The molecule has 0 aromatic carbocycles. The summed E-state index contributed by atoms with van der Waals surface area (Å²) in [5.41, 5.74) is -3.36. The number of carbonyl (C=O) groups excluding carboxylic acids is 2. The highest BCUT2D eigenvalue weighted by Gasteiger charge is 2.51. The van der Waals surface area contributed by atoms with Gasteiger partial charge in [-0.15, -0.1) is 0 Å². The number of amides is 1. The Labute approximate surface area is 122 Å². The summed E-state index contributed by atoms with van der Waals surface area (Å²) in [6, 6.07) is 0. The van der Waals surface area contributed by atoms with Gasteiger partial charge in [-0.25, -0.2) is 14.0 Å². The number of methoxy groups -OCH3 is 1. The van der Waals surface area contributed by atoms with Crippen LogP contribution in [-0.2, 0) is 19.1 Å². The number of rotatable bonds is 2. The normalized spacial score (nSPS) is 26.1. The fraction of sp³-hybridized carbons (Fsp3) is 0.769. The number of nitrogens with zero attached hydrogens (tertiary/aromatic N) is 1. The van der Waals surface area contributed by atoms with Crippen LogP contribution in [0.4, 0.5) is 9.18 Å². The molecule has 8 heteroatoms.